The zero-order chi connectivity index (χ0) is 13.7. The number of benzene rings is 1. The number of hydrogen-bond donors (Lipinski definition) is 1. The molecular weight excluding hydrogens is 242 g/mol. The van der Waals surface area contributed by atoms with Crippen LogP contribution in [0.3, 0.4) is 0 Å². The smallest absolute Gasteiger partial charge is 0.227 e. The average molecular weight is 261 g/mol. The Kier molecular flexibility index (Phi) is 4.58. The summed E-state index contributed by atoms with van der Waals surface area (Å²) in [4.78, 5) is 13.9. The van der Waals surface area contributed by atoms with Crippen molar-refractivity contribution in [2.24, 2.45) is 0 Å². The van der Waals surface area contributed by atoms with Crippen LogP contribution in [0, 0.1) is 0 Å². The highest BCUT2D eigenvalue weighted by atomic mass is 16.5. The monoisotopic (exact) mass is 261 g/mol. The molecule has 0 radical (unpaired) electrons. The van der Waals surface area contributed by atoms with E-state index >= 15 is 0 Å². The van der Waals surface area contributed by atoms with E-state index in [0.29, 0.717) is 18.7 Å². The lowest BCUT2D eigenvalue weighted by atomic mass is 10.1. The van der Waals surface area contributed by atoms with Crippen LogP contribution in [0.5, 0.6) is 5.75 Å². The van der Waals surface area contributed by atoms with E-state index < -0.39 is 0 Å². The van der Waals surface area contributed by atoms with E-state index in [4.69, 9.17) is 4.74 Å². The van der Waals surface area contributed by atoms with Crippen LogP contribution in [0.1, 0.15) is 12.0 Å². The molecule has 0 atom stereocenters. The first-order valence-electron chi connectivity index (χ1n) is 6.42. The highest BCUT2D eigenvalue weighted by Gasteiger charge is 2.18. The summed E-state index contributed by atoms with van der Waals surface area (Å²) in [6.07, 6.45) is 3.16. The zero-order valence-electron chi connectivity index (χ0n) is 11.1. The highest BCUT2D eigenvalue weighted by molar-refractivity contribution is 5.79. The summed E-state index contributed by atoms with van der Waals surface area (Å²) in [6.45, 7) is 1.99. The Morgan fingerprint density at radius 1 is 1.42 bits per heavy atom. The van der Waals surface area contributed by atoms with Gasteiger partial charge in [-0.2, -0.15) is 0 Å². The number of hydrogen-bond acceptors (Lipinski definition) is 3. The Balaban J connectivity index is 1.94. The number of para-hydroxylation sites is 1. The van der Waals surface area contributed by atoms with Crippen molar-refractivity contribution in [2.45, 2.75) is 12.8 Å². The number of carbonyl (C=O) groups excluding carboxylic acids is 1. The molecule has 0 fully saturated rings. The minimum Gasteiger partial charge on any atom is -0.508 e. The van der Waals surface area contributed by atoms with E-state index in [1.807, 2.05) is 11.0 Å². The number of methoxy groups -OCH3 is 1. The summed E-state index contributed by atoms with van der Waals surface area (Å²) in [5, 5.41) is 9.67. The van der Waals surface area contributed by atoms with Gasteiger partial charge in [0.15, 0.2) is 0 Å². The van der Waals surface area contributed by atoms with E-state index in [0.717, 1.165) is 13.0 Å². The third kappa shape index (κ3) is 3.58. The van der Waals surface area contributed by atoms with Crippen LogP contribution in [0.4, 0.5) is 0 Å². The highest BCUT2D eigenvalue weighted by Crippen LogP contribution is 2.18. The third-order valence-electron chi connectivity index (χ3n) is 3.32. The van der Waals surface area contributed by atoms with Crippen LogP contribution >= 0.6 is 0 Å². The van der Waals surface area contributed by atoms with Gasteiger partial charge < -0.3 is 14.7 Å². The molecule has 1 aliphatic rings. The van der Waals surface area contributed by atoms with Crippen LogP contribution < -0.4 is 0 Å². The predicted molar refractivity (Wildman–Crippen MR) is 73.0 cm³/mol. The van der Waals surface area contributed by atoms with Gasteiger partial charge in [0.2, 0.25) is 5.91 Å². The van der Waals surface area contributed by atoms with Gasteiger partial charge in [0, 0.05) is 25.8 Å². The maximum Gasteiger partial charge on any atom is 0.227 e. The maximum atomic E-state index is 12.1. The average Bonchev–Trinajstić information content (AvgIpc) is 2.42. The number of phenols is 1. The van der Waals surface area contributed by atoms with Gasteiger partial charge in [-0.3, -0.25) is 4.79 Å². The Bertz CT molecular complexity index is 482. The number of phenolic OH excluding ortho intramolecular Hbond substituents is 1. The summed E-state index contributed by atoms with van der Waals surface area (Å²) < 4.78 is 5.08. The summed E-state index contributed by atoms with van der Waals surface area (Å²) in [6, 6.07) is 6.97. The molecule has 19 heavy (non-hydrogen) atoms. The van der Waals surface area contributed by atoms with Crippen molar-refractivity contribution in [3.05, 3.63) is 41.5 Å². The van der Waals surface area contributed by atoms with Crippen LogP contribution in [0.15, 0.2) is 35.9 Å². The Morgan fingerprint density at radius 2 is 2.21 bits per heavy atom. The molecule has 0 unspecified atom stereocenters. The molecule has 4 nitrogen and oxygen atoms in total. The molecule has 4 heteroatoms. The fourth-order valence-electron chi connectivity index (χ4n) is 2.19. The van der Waals surface area contributed by atoms with Crippen molar-refractivity contribution in [1.29, 1.82) is 0 Å². The Morgan fingerprint density at radius 3 is 2.84 bits per heavy atom. The topological polar surface area (TPSA) is 49.8 Å². The quantitative estimate of drug-likeness (QED) is 0.840. The number of rotatable bonds is 4. The van der Waals surface area contributed by atoms with Crippen molar-refractivity contribution in [1.82, 2.24) is 4.90 Å². The molecule has 1 amide bonds. The maximum absolute atomic E-state index is 12.1. The Labute approximate surface area is 113 Å². The van der Waals surface area contributed by atoms with Crippen molar-refractivity contribution in [2.75, 3.05) is 26.8 Å². The molecule has 0 saturated carbocycles. The van der Waals surface area contributed by atoms with Gasteiger partial charge in [0.1, 0.15) is 5.75 Å². The van der Waals surface area contributed by atoms with Crippen molar-refractivity contribution < 1.29 is 14.6 Å². The van der Waals surface area contributed by atoms with Gasteiger partial charge >= 0.3 is 0 Å². The van der Waals surface area contributed by atoms with E-state index in [9.17, 15) is 9.90 Å². The second-order valence-electron chi connectivity index (χ2n) is 4.69. The fourth-order valence-corrected chi connectivity index (χ4v) is 2.19. The lowest BCUT2D eigenvalue weighted by Gasteiger charge is -2.26. The van der Waals surface area contributed by atoms with Crippen molar-refractivity contribution in [3.8, 4) is 5.75 Å². The molecule has 1 aliphatic heterocycles. The SMILES string of the molecule is COCC1=CCN(C(=O)Cc2ccccc2O)CC1. The Hall–Kier alpha value is -1.81. The van der Waals surface area contributed by atoms with E-state index in [1.165, 1.54) is 5.57 Å². The lowest BCUT2D eigenvalue weighted by Crippen LogP contribution is -2.36. The molecule has 0 spiro atoms. The van der Waals surface area contributed by atoms with Gasteiger partial charge in [-0.1, -0.05) is 24.3 Å². The minimum atomic E-state index is 0.0502. The molecule has 0 aliphatic carbocycles. The summed E-state index contributed by atoms with van der Waals surface area (Å²) in [5.41, 5.74) is 1.92. The molecule has 0 aromatic heterocycles. The molecule has 1 aromatic carbocycles. The van der Waals surface area contributed by atoms with Crippen LogP contribution in [-0.4, -0.2) is 42.7 Å². The molecule has 0 bridgehead atoms. The van der Waals surface area contributed by atoms with Gasteiger partial charge in [0.25, 0.3) is 0 Å². The van der Waals surface area contributed by atoms with Crippen LogP contribution in [0.2, 0.25) is 0 Å². The van der Waals surface area contributed by atoms with Gasteiger partial charge in [-0.25, -0.2) is 0 Å². The zero-order valence-corrected chi connectivity index (χ0v) is 11.1. The van der Waals surface area contributed by atoms with Crippen molar-refractivity contribution in [3.63, 3.8) is 0 Å². The molecule has 102 valence electrons. The molecular formula is C15H19NO3. The molecule has 1 aromatic rings. The molecule has 0 saturated heterocycles. The number of aromatic hydroxyl groups is 1. The standard InChI is InChI=1S/C15H19NO3/c1-19-11-12-6-8-16(9-7-12)15(18)10-13-4-2-3-5-14(13)17/h2-6,17H,7-11H2,1H3. The fraction of sp³-hybridized carbons (Fsp3) is 0.400. The number of ether oxygens (including phenoxy) is 1. The molecule has 1 heterocycles. The summed E-state index contributed by atoms with van der Waals surface area (Å²) >= 11 is 0. The predicted octanol–water partition coefficient (Wildman–Crippen LogP) is 1.74. The number of nitrogens with zero attached hydrogens (tertiary/aromatic N) is 1. The van der Waals surface area contributed by atoms with E-state index in [-0.39, 0.29) is 18.1 Å². The third-order valence-corrected chi connectivity index (χ3v) is 3.32. The largest absolute Gasteiger partial charge is 0.508 e. The van der Waals surface area contributed by atoms with Gasteiger partial charge in [-0.15, -0.1) is 0 Å². The first kappa shape index (κ1) is 13.6. The summed E-state index contributed by atoms with van der Waals surface area (Å²) in [7, 11) is 1.68. The molecule has 2 rings (SSSR count). The van der Waals surface area contributed by atoms with Gasteiger partial charge in [-0.05, 0) is 18.1 Å². The lowest BCUT2D eigenvalue weighted by molar-refractivity contribution is -0.130. The number of amides is 1. The first-order chi connectivity index (χ1) is 9.20. The van der Waals surface area contributed by atoms with Crippen LogP contribution in [-0.2, 0) is 16.0 Å². The van der Waals surface area contributed by atoms with E-state index in [1.54, 1.807) is 25.3 Å². The first-order valence-corrected chi connectivity index (χ1v) is 6.42. The van der Waals surface area contributed by atoms with E-state index in [2.05, 4.69) is 6.08 Å². The normalized spacial score (nSPS) is 15.2. The summed E-state index contributed by atoms with van der Waals surface area (Å²) in [5.74, 6) is 0.234. The van der Waals surface area contributed by atoms with Crippen molar-refractivity contribution >= 4 is 5.91 Å². The number of carbonyl (C=O) groups is 1. The van der Waals surface area contributed by atoms with Crippen LogP contribution in [0.25, 0.3) is 0 Å². The minimum absolute atomic E-state index is 0.0502. The van der Waals surface area contributed by atoms with Gasteiger partial charge in [0.05, 0.1) is 13.0 Å². The molecule has 1 N–H and O–H groups in total. The second kappa shape index (κ2) is 6.38. The second-order valence-corrected chi connectivity index (χ2v) is 4.69.